The molecular weight excluding hydrogens is 474 g/mol. The Morgan fingerprint density at radius 3 is 2.69 bits per heavy atom. The number of hydrogen-bond donors (Lipinski definition) is 1. The van der Waals surface area contributed by atoms with Crippen molar-refractivity contribution >= 4 is 33.9 Å². The molecule has 0 aromatic carbocycles. The van der Waals surface area contributed by atoms with Gasteiger partial charge < -0.3 is 14.6 Å². The molecule has 1 amide bonds. The van der Waals surface area contributed by atoms with E-state index in [0.717, 1.165) is 11.1 Å². The van der Waals surface area contributed by atoms with E-state index < -0.39 is 11.7 Å². The largest absolute Gasteiger partial charge is 0.494 e. The molecule has 0 saturated carbocycles. The first-order valence-corrected chi connectivity index (χ1v) is 12.3. The number of nitriles is 1. The molecule has 182 valence electrons. The number of fused-ring (bicyclic) bond motifs is 1. The Morgan fingerprint density at radius 2 is 2.08 bits per heavy atom. The Hall–Kier alpha value is -4.29. The zero-order valence-electron chi connectivity index (χ0n) is 20.1. The average Bonchev–Trinajstić information content (AvgIpc) is 3.59. The van der Waals surface area contributed by atoms with E-state index in [2.05, 4.69) is 27.6 Å². The van der Waals surface area contributed by atoms with Crippen molar-refractivity contribution in [3.63, 3.8) is 0 Å². The number of likely N-dealkylation sites (tertiary alicyclic amines) is 1. The van der Waals surface area contributed by atoms with E-state index in [1.807, 2.05) is 24.5 Å². The summed E-state index contributed by atoms with van der Waals surface area (Å²) >= 11 is 1.43. The first-order valence-electron chi connectivity index (χ1n) is 11.4. The standard InChI is InChI=1S/C27H25N5O3S/c1-4-6-17(7-5-2)19(14-28)18-8-11-32(12-9-18)27(34)25(33)20-15-30-23-22(20)21(35-3)16-31-24(23)26-29-10-13-36-26/h4-7,10,13,15-16,30H,1,8-9,11-12H2,2-3H3/b7-5-,17-6+. The number of allylic oxidation sites excluding steroid dienone is 6. The summed E-state index contributed by atoms with van der Waals surface area (Å²) < 4.78 is 5.46. The number of carbonyl (C=O) groups is 2. The van der Waals surface area contributed by atoms with Crippen molar-refractivity contribution in [3.05, 3.63) is 77.1 Å². The van der Waals surface area contributed by atoms with E-state index in [0.29, 0.717) is 58.9 Å². The van der Waals surface area contributed by atoms with Crippen LogP contribution in [0.15, 0.2) is 71.6 Å². The number of nitrogens with one attached hydrogen (secondary N) is 1. The van der Waals surface area contributed by atoms with Crippen molar-refractivity contribution in [2.45, 2.75) is 19.8 Å². The normalized spacial score (nSPS) is 14.2. The van der Waals surface area contributed by atoms with Gasteiger partial charge >= 0.3 is 0 Å². The minimum absolute atomic E-state index is 0.232. The highest BCUT2D eigenvalue weighted by Gasteiger charge is 2.30. The maximum Gasteiger partial charge on any atom is 0.295 e. The summed E-state index contributed by atoms with van der Waals surface area (Å²) in [6, 6.07) is 2.29. The van der Waals surface area contributed by atoms with Gasteiger partial charge in [0.1, 0.15) is 16.5 Å². The smallest absolute Gasteiger partial charge is 0.295 e. The van der Waals surface area contributed by atoms with Crippen LogP contribution in [0.5, 0.6) is 5.75 Å². The van der Waals surface area contributed by atoms with E-state index in [-0.39, 0.29) is 5.56 Å². The van der Waals surface area contributed by atoms with Crippen LogP contribution in [-0.4, -0.2) is 51.7 Å². The lowest BCUT2D eigenvalue weighted by atomic mass is 9.93. The van der Waals surface area contributed by atoms with Gasteiger partial charge in [-0.15, -0.1) is 11.3 Å². The van der Waals surface area contributed by atoms with Crippen molar-refractivity contribution in [2.24, 2.45) is 0 Å². The second-order valence-corrected chi connectivity index (χ2v) is 8.93. The number of Topliss-reactive ketones (excluding diaryl/α,β-unsaturated/α-hetero) is 1. The molecule has 1 saturated heterocycles. The number of piperidine rings is 1. The number of thiazole rings is 1. The van der Waals surface area contributed by atoms with Gasteiger partial charge in [-0.05, 0) is 30.9 Å². The van der Waals surface area contributed by atoms with E-state index in [1.54, 1.807) is 23.2 Å². The first-order chi connectivity index (χ1) is 17.5. The molecule has 9 heteroatoms. The van der Waals surface area contributed by atoms with Crippen LogP contribution in [0.1, 0.15) is 30.1 Å². The van der Waals surface area contributed by atoms with Crippen LogP contribution in [0, 0.1) is 11.3 Å². The second-order valence-electron chi connectivity index (χ2n) is 8.03. The Bertz CT molecular complexity index is 1440. The SMILES string of the molecule is C=C/C=C(\C=C/C)C(C#N)=C1CCN(C(=O)C(=O)c2c[nH]c3c(-c4nccs4)ncc(OC)c23)CC1. The molecule has 8 nitrogen and oxygen atoms in total. The zero-order chi connectivity index (χ0) is 25.7. The van der Waals surface area contributed by atoms with Crippen LogP contribution < -0.4 is 4.74 Å². The van der Waals surface area contributed by atoms with E-state index >= 15 is 0 Å². The lowest BCUT2D eigenvalue weighted by Crippen LogP contribution is -2.40. The molecule has 0 unspecified atom stereocenters. The molecule has 4 heterocycles. The van der Waals surface area contributed by atoms with Crippen LogP contribution in [0.25, 0.3) is 21.6 Å². The summed E-state index contributed by atoms with van der Waals surface area (Å²) in [5.41, 5.74) is 3.76. The number of H-pyrrole nitrogens is 1. The molecule has 0 aliphatic carbocycles. The Kier molecular flexibility index (Phi) is 7.56. The van der Waals surface area contributed by atoms with Gasteiger partial charge in [-0.3, -0.25) is 9.59 Å². The summed E-state index contributed by atoms with van der Waals surface area (Å²) in [5, 5.41) is 12.8. The maximum absolute atomic E-state index is 13.3. The predicted octanol–water partition coefficient (Wildman–Crippen LogP) is 5.01. The third-order valence-electron chi connectivity index (χ3n) is 6.02. The van der Waals surface area contributed by atoms with Crippen LogP contribution in [-0.2, 0) is 4.79 Å². The van der Waals surface area contributed by atoms with Gasteiger partial charge in [0, 0.05) is 30.9 Å². The fourth-order valence-electron chi connectivity index (χ4n) is 4.32. The number of amides is 1. The number of ketones is 1. The fraction of sp³-hybridized carbons (Fsp3) is 0.222. The molecule has 0 spiro atoms. The molecular formula is C27H25N5O3S. The van der Waals surface area contributed by atoms with Crippen molar-refractivity contribution in [1.82, 2.24) is 19.9 Å². The molecule has 3 aromatic rings. The second kappa shape index (κ2) is 11.0. The summed E-state index contributed by atoms with van der Waals surface area (Å²) in [4.78, 5) is 39.9. The number of nitrogens with zero attached hydrogens (tertiary/aromatic N) is 4. The number of pyridine rings is 1. The Morgan fingerprint density at radius 1 is 1.31 bits per heavy atom. The molecule has 1 aliphatic heterocycles. The highest BCUT2D eigenvalue weighted by Crippen LogP contribution is 2.35. The number of rotatable bonds is 7. The summed E-state index contributed by atoms with van der Waals surface area (Å²) in [7, 11) is 1.50. The highest BCUT2D eigenvalue weighted by molar-refractivity contribution is 7.13. The number of carbonyl (C=O) groups excluding carboxylic acids is 2. The minimum Gasteiger partial charge on any atom is -0.494 e. The minimum atomic E-state index is -0.620. The van der Waals surface area contributed by atoms with Crippen LogP contribution in [0.3, 0.4) is 0 Å². The monoisotopic (exact) mass is 499 g/mol. The number of aromatic amines is 1. The number of methoxy groups -OCH3 is 1. The van der Waals surface area contributed by atoms with E-state index in [1.165, 1.54) is 30.8 Å². The molecule has 36 heavy (non-hydrogen) atoms. The molecule has 4 rings (SSSR count). The third kappa shape index (κ3) is 4.63. The average molecular weight is 500 g/mol. The lowest BCUT2D eigenvalue weighted by Gasteiger charge is -2.28. The topological polar surface area (TPSA) is 112 Å². The number of hydrogen-bond acceptors (Lipinski definition) is 7. The van der Waals surface area contributed by atoms with Crippen LogP contribution >= 0.6 is 11.3 Å². The zero-order valence-corrected chi connectivity index (χ0v) is 20.9. The molecule has 0 radical (unpaired) electrons. The van der Waals surface area contributed by atoms with Gasteiger partial charge in [-0.1, -0.05) is 30.9 Å². The molecule has 1 fully saturated rings. The van der Waals surface area contributed by atoms with Gasteiger partial charge in [-0.2, -0.15) is 5.26 Å². The van der Waals surface area contributed by atoms with Gasteiger partial charge in [-0.25, -0.2) is 9.97 Å². The number of aromatic nitrogens is 3. The predicted molar refractivity (Wildman–Crippen MR) is 140 cm³/mol. The van der Waals surface area contributed by atoms with Crippen molar-refractivity contribution in [3.8, 4) is 22.5 Å². The van der Waals surface area contributed by atoms with Gasteiger partial charge in [0.05, 0.1) is 41.4 Å². The van der Waals surface area contributed by atoms with Crippen LogP contribution in [0.4, 0.5) is 0 Å². The van der Waals surface area contributed by atoms with E-state index in [4.69, 9.17) is 4.74 Å². The van der Waals surface area contributed by atoms with Crippen LogP contribution in [0.2, 0.25) is 0 Å². The Labute approximate surface area is 212 Å². The van der Waals surface area contributed by atoms with Crippen molar-refractivity contribution < 1.29 is 14.3 Å². The molecule has 1 aliphatic rings. The molecule has 1 N–H and O–H groups in total. The fourth-order valence-corrected chi connectivity index (χ4v) is 4.96. The summed E-state index contributed by atoms with van der Waals surface area (Å²) in [5.74, 6) is -0.806. The number of ether oxygens (including phenoxy) is 1. The quantitative estimate of drug-likeness (QED) is 0.212. The van der Waals surface area contributed by atoms with Crippen molar-refractivity contribution in [1.29, 1.82) is 5.26 Å². The highest BCUT2D eigenvalue weighted by atomic mass is 32.1. The lowest BCUT2D eigenvalue weighted by molar-refractivity contribution is -0.126. The molecule has 0 bridgehead atoms. The summed E-state index contributed by atoms with van der Waals surface area (Å²) in [6.45, 7) is 6.32. The van der Waals surface area contributed by atoms with Gasteiger partial charge in [0.15, 0.2) is 0 Å². The van der Waals surface area contributed by atoms with E-state index in [9.17, 15) is 14.9 Å². The van der Waals surface area contributed by atoms with Crippen molar-refractivity contribution in [2.75, 3.05) is 20.2 Å². The Balaban J connectivity index is 1.60. The maximum atomic E-state index is 13.3. The summed E-state index contributed by atoms with van der Waals surface area (Å²) in [6.07, 6.45) is 13.0. The first kappa shape index (κ1) is 24.8. The van der Waals surface area contributed by atoms with Gasteiger partial charge in [0.25, 0.3) is 11.7 Å². The molecule has 0 atom stereocenters. The van der Waals surface area contributed by atoms with Gasteiger partial charge in [0.2, 0.25) is 0 Å². The third-order valence-corrected chi connectivity index (χ3v) is 6.80. The molecule has 3 aromatic heterocycles.